The molecule has 1 unspecified atom stereocenters. The van der Waals surface area contributed by atoms with Gasteiger partial charge in [0, 0.05) is 18.3 Å². The molecule has 1 N–H and O–H groups in total. The van der Waals surface area contributed by atoms with Gasteiger partial charge in [-0.1, -0.05) is 43.3 Å². The lowest BCUT2D eigenvalue weighted by atomic mass is 10.1. The van der Waals surface area contributed by atoms with Crippen molar-refractivity contribution in [3.63, 3.8) is 0 Å². The summed E-state index contributed by atoms with van der Waals surface area (Å²) in [5.41, 5.74) is 1.36. The van der Waals surface area contributed by atoms with E-state index in [2.05, 4.69) is 61.0 Å². The van der Waals surface area contributed by atoms with Gasteiger partial charge in [0.2, 0.25) is 0 Å². The maximum absolute atomic E-state index is 3.50. The molecule has 0 aliphatic heterocycles. The molecule has 2 heteroatoms. The largest absolute Gasteiger partial charge is 0.312 e. The fraction of sp³-hybridized carbons (Fsp3) is 0.333. The third kappa shape index (κ3) is 3.48. The minimum atomic E-state index is 0.676. The highest BCUT2D eigenvalue weighted by Crippen LogP contribution is 2.15. The van der Waals surface area contributed by atoms with Crippen molar-refractivity contribution in [3.8, 4) is 0 Å². The Morgan fingerprint density at radius 1 is 1.12 bits per heavy atom. The fourth-order valence-corrected chi connectivity index (χ4v) is 2.14. The molecule has 0 aliphatic carbocycles. The van der Waals surface area contributed by atoms with Crippen LogP contribution in [0.25, 0.3) is 10.8 Å². The second-order valence-electron chi connectivity index (χ2n) is 4.36. The smallest absolute Gasteiger partial charge is 0.0206 e. The van der Waals surface area contributed by atoms with Crippen LogP contribution in [0.3, 0.4) is 0 Å². The van der Waals surface area contributed by atoms with Crippen molar-refractivity contribution < 1.29 is 0 Å². The van der Waals surface area contributed by atoms with Crippen LogP contribution in [0.4, 0.5) is 0 Å². The van der Waals surface area contributed by atoms with Crippen LogP contribution in [0.1, 0.15) is 12.5 Å². The summed E-state index contributed by atoms with van der Waals surface area (Å²) in [4.78, 5) is 0. The number of fused-ring (bicyclic) bond motifs is 1. The zero-order chi connectivity index (χ0) is 12.1. The Morgan fingerprint density at radius 3 is 2.65 bits per heavy atom. The van der Waals surface area contributed by atoms with Gasteiger partial charge in [-0.15, -0.1) is 0 Å². The highest BCUT2D eigenvalue weighted by molar-refractivity contribution is 7.99. The average Bonchev–Trinajstić information content (AvgIpc) is 2.38. The van der Waals surface area contributed by atoms with Gasteiger partial charge in [-0.05, 0) is 28.7 Å². The van der Waals surface area contributed by atoms with Crippen LogP contribution in [-0.2, 0) is 6.54 Å². The maximum Gasteiger partial charge on any atom is 0.0206 e. The predicted molar refractivity (Wildman–Crippen MR) is 78.6 cm³/mol. The van der Waals surface area contributed by atoms with E-state index in [4.69, 9.17) is 0 Å². The highest BCUT2D eigenvalue weighted by Gasteiger charge is 1.99. The summed E-state index contributed by atoms with van der Waals surface area (Å²) in [5.74, 6) is 0. The first kappa shape index (κ1) is 12.5. The van der Waals surface area contributed by atoms with Gasteiger partial charge >= 0.3 is 0 Å². The monoisotopic (exact) mass is 245 g/mol. The SMILES string of the molecule is CSC(C)CNCc1ccc2ccccc2c1. The van der Waals surface area contributed by atoms with E-state index in [0.29, 0.717) is 5.25 Å². The van der Waals surface area contributed by atoms with E-state index < -0.39 is 0 Å². The molecule has 2 aromatic rings. The number of nitrogens with one attached hydrogen (secondary N) is 1. The summed E-state index contributed by atoms with van der Waals surface area (Å²) in [6, 6.07) is 15.2. The quantitative estimate of drug-likeness (QED) is 0.862. The zero-order valence-corrected chi connectivity index (χ0v) is 11.3. The molecule has 0 saturated carbocycles. The number of hydrogen-bond donors (Lipinski definition) is 1. The molecule has 2 aromatic carbocycles. The van der Waals surface area contributed by atoms with Gasteiger partial charge < -0.3 is 5.32 Å². The summed E-state index contributed by atoms with van der Waals surface area (Å²) < 4.78 is 0. The predicted octanol–water partition coefficient (Wildman–Crippen LogP) is 3.68. The van der Waals surface area contributed by atoms with Crippen molar-refractivity contribution in [1.29, 1.82) is 0 Å². The molecule has 90 valence electrons. The Kier molecular flexibility index (Phi) is 4.46. The van der Waals surface area contributed by atoms with Crippen molar-refractivity contribution in [1.82, 2.24) is 5.32 Å². The van der Waals surface area contributed by atoms with Crippen LogP contribution in [0.15, 0.2) is 42.5 Å². The second kappa shape index (κ2) is 6.08. The lowest BCUT2D eigenvalue weighted by molar-refractivity contribution is 0.685. The van der Waals surface area contributed by atoms with E-state index >= 15 is 0 Å². The van der Waals surface area contributed by atoms with Crippen molar-refractivity contribution in [2.24, 2.45) is 0 Å². The molecule has 0 spiro atoms. The molecule has 1 atom stereocenters. The topological polar surface area (TPSA) is 12.0 Å². The summed E-state index contributed by atoms with van der Waals surface area (Å²) in [7, 11) is 0. The number of hydrogen-bond acceptors (Lipinski definition) is 2. The minimum Gasteiger partial charge on any atom is -0.312 e. The molecule has 17 heavy (non-hydrogen) atoms. The van der Waals surface area contributed by atoms with Crippen LogP contribution in [0.2, 0.25) is 0 Å². The van der Waals surface area contributed by atoms with E-state index in [1.807, 2.05) is 11.8 Å². The fourth-order valence-electron chi connectivity index (χ4n) is 1.85. The van der Waals surface area contributed by atoms with Crippen molar-refractivity contribution in [2.75, 3.05) is 12.8 Å². The van der Waals surface area contributed by atoms with Gasteiger partial charge in [0.25, 0.3) is 0 Å². The van der Waals surface area contributed by atoms with E-state index in [1.165, 1.54) is 16.3 Å². The number of rotatable bonds is 5. The van der Waals surface area contributed by atoms with Crippen LogP contribution in [0.5, 0.6) is 0 Å². The summed E-state index contributed by atoms with van der Waals surface area (Å²) in [6.07, 6.45) is 2.16. The molecule has 0 fully saturated rings. The molecule has 0 amide bonds. The molecule has 0 saturated heterocycles. The average molecular weight is 245 g/mol. The van der Waals surface area contributed by atoms with Crippen LogP contribution in [-0.4, -0.2) is 18.1 Å². The summed E-state index contributed by atoms with van der Waals surface area (Å²) >= 11 is 1.90. The molecule has 1 nitrogen and oxygen atoms in total. The van der Waals surface area contributed by atoms with Gasteiger partial charge in [0.15, 0.2) is 0 Å². The molecule has 0 aromatic heterocycles. The summed E-state index contributed by atoms with van der Waals surface area (Å²) in [5, 5.41) is 6.81. The van der Waals surface area contributed by atoms with E-state index in [-0.39, 0.29) is 0 Å². The van der Waals surface area contributed by atoms with E-state index in [1.54, 1.807) is 0 Å². The number of thioether (sulfide) groups is 1. The first-order chi connectivity index (χ1) is 8.29. The molecule has 0 heterocycles. The first-order valence-electron chi connectivity index (χ1n) is 6.01. The Bertz CT molecular complexity index is 481. The zero-order valence-electron chi connectivity index (χ0n) is 10.4. The van der Waals surface area contributed by atoms with Gasteiger partial charge in [0.05, 0.1) is 0 Å². The standard InChI is InChI=1S/C15H19NS/c1-12(17-2)10-16-11-13-7-8-14-5-3-4-6-15(14)9-13/h3-9,12,16H,10-11H2,1-2H3. The third-order valence-corrected chi connectivity index (χ3v) is 3.95. The Balaban J connectivity index is 1.99. The van der Waals surface area contributed by atoms with Crippen LogP contribution < -0.4 is 5.32 Å². The molecular weight excluding hydrogens is 226 g/mol. The first-order valence-corrected chi connectivity index (χ1v) is 7.29. The molecular formula is C15H19NS. The Labute approximate surface area is 108 Å². The molecule has 2 rings (SSSR count). The third-order valence-electron chi connectivity index (χ3n) is 2.98. The molecule has 0 bridgehead atoms. The molecule has 0 radical (unpaired) electrons. The number of benzene rings is 2. The van der Waals surface area contributed by atoms with Gasteiger partial charge in [-0.3, -0.25) is 0 Å². The Hall–Kier alpha value is -0.990. The summed E-state index contributed by atoms with van der Waals surface area (Å²) in [6.45, 7) is 4.27. The lowest BCUT2D eigenvalue weighted by Gasteiger charge is -2.10. The van der Waals surface area contributed by atoms with Crippen molar-refractivity contribution in [2.45, 2.75) is 18.7 Å². The van der Waals surface area contributed by atoms with Gasteiger partial charge in [-0.25, -0.2) is 0 Å². The van der Waals surface area contributed by atoms with Crippen LogP contribution >= 0.6 is 11.8 Å². The second-order valence-corrected chi connectivity index (χ2v) is 5.63. The molecule has 0 aliphatic rings. The van der Waals surface area contributed by atoms with Gasteiger partial charge in [-0.2, -0.15) is 11.8 Å². The minimum absolute atomic E-state index is 0.676. The van der Waals surface area contributed by atoms with E-state index in [0.717, 1.165) is 13.1 Å². The highest BCUT2D eigenvalue weighted by atomic mass is 32.2. The maximum atomic E-state index is 3.50. The normalized spacial score (nSPS) is 12.8. The van der Waals surface area contributed by atoms with Crippen molar-refractivity contribution >= 4 is 22.5 Å². The van der Waals surface area contributed by atoms with E-state index in [9.17, 15) is 0 Å². The van der Waals surface area contributed by atoms with Crippen LogP contribution in [0, 0.1) is 0 Å². The van der Waals surface area contributed by atoms with Crippen molar-refractivity contribution in [3.05, 3.63) is 48.0 Å². The Morgan fingerprint density at radius 2 is 1.88 bits per heavy atom. The lowest BCUT2D eigenvalue weighted by Crippen LogP contribution is -2.21. The van der Waals surface area contributed by atoms with Gasteiger partial charge in [0.1, 0.15) is 0 Å².